The zero-order valence-corrected chi connectivity index (χ0v) is 13.2. The summed E-state index contributed by atoms with van der Waals surface area (Å²) in [6, 6.07) is 4.34. The van der Waals surface area contributed by atoms with Crippen LogP contribution in [0.2, 0.25) is 0 Å². The van der Waals surface area contributed by atoms with Gasteiger partial charge in [-0.15, -0.1) is 0 Å². The highest BCUT2D eigenvalue weighted by atomic mass is 32.2. The largest absolute Gasteiger partial charge is 0.465 e. The van der Waals surface area contributed by atoms with Gasteiger partial charge in [0.05, 0.1) is 12.7 Å². The number of methoxy groups -OCH3 is 1. The first-order chi connectivity index (χ1) is 10.0. The van der Waals surface area contributed by atoms with Gasteiger partial charge in [0.1, 0.15) is 5.82 Å². The number of hydrogen-bond acceptors (Lipinski definition) is 3. The van der Waals surface area contributed by atoms with Crippen molar-refractivity contribution in [2.75, 3.05) is 7.11 Å². The molecule has 1 fully saturated rings. The van der Waals surface area contributed by atoms with Crippen LogP contribution in [0.25, 0.3) is 0 Å². The van der Waals surface area contributed by atoms with Crippen LogP contribution in [0.4, 0.5) is 4.39 Å². The molecule has 3 nitrogen and oxygen atoms in total. The smallest absolute Gasteiger partial charge is 0.340 e. The lowest BCUT2D eigenvalue weighted by molar-refractivity contribution is 0.0595. The third-order valence-electron chi connectivity index (χ3n) is 4.01. The van der Waals surface area contributed by atoms with Crippen LogP contribution in [0.5, 0.6) is 0 Å². The van der Waals surface area contributed by atoms with Crippen molar-refractivity contribution in [2.45, 2.75) is 43.6 Å². The highest BCUT2D eigenvalue weighted by molar-refractivity contribution is 7.84. The zero-order valence-electron chi connectivity index (χ0n) is 12.4. The molecule has 116 valence electrons. The first-order valence-electron chi connectivity index (χ1n) is 7.25. The van der Waals surface area contributed by atoms with E-state index in [-0.39, 0.29) is 10.8 Å². The Labute approximate surface area is 127 Å². The fraction of sp³-hybridized carbons (Fsp3) is 0.562. The third-order valence-corrected chi connectivity index (χ3v) is 5.80. The predicted octanol–water partition coefficient (Wildman–Crippen LogP) is 3.44. The van der Waals surface area contributed by atoms with Crippen molar-refractivity contribution in [1.82, 2.24) is 0 Å². The van der Waals surface area contributed by atoms with Gasteiger partial charge in [0.25, 0.3) is 0 Å². The predicted molar refractivity (Wildman–Crippen MR) is 81.0 cm³/mol. The van der Waals surface area contributed by atoms with Gasteiger partial charge in [-0.2, -0.15) is 0 Å². The molecule has 0 heterocycles. The molecule has 0 saturated heterocycles. The molecule has 1 aromatic rings. The summed E-state index contributed by atoms with van der Waals surface area (Å²) < 4.78 is 30.7. The average Bonchev–Trinajstić information content (AvgIpc) is 2.46. The molecule has 0 radical (unpaired) electrons. The SMILES string of the molecule is COC(=O)c1ccc(CS(=O)C2CCCC(C)C2)cc1F. The highest BCUT2D eigenvalue weighted by Crippen LogP contribution is 2.28. The molecule has 1 aromatic carbocycles. The van der Waals surface area contributed by atoms with E-state index in [1.807, 2.05) is 0 Å². The van der Waals surface area contributed by atoms with E-state index >= 15 is 0 Å². The summed E-state index contributed by atoms with van der Waals surface area (Å²) >= 11 is 0. The maximum atomic E-state index is 13.8. The lowest BCUT2D eigenvalue weighted by atomic mass is 9.91. The number of rotatable bonds is 4. The van der Waals surface area contributed by atoms with Crippen molar-refractivity contribution < 1.29 is 18.1 Å². The molecular weight excluding hydrogens is 291 g/mol. The minimum Gasteiger partial charge on any atom is -0.465 e. The van der Waals surface area contributed by atoms with Crippen molar-refractivity contribution in [2.24, 2.45) is 5.92 Å². The van der Waals surface area contributed by atoms with Crippen LogP contribution >= 0.6 is 0 Å². The Hall–Kier alpha value is -1.23. The topological polar surface area (TPSA) is 43.4 Å². The lowest BCUT2D eigenvalue weighted by Gasteiger charge is -2.26. The quantitative estimate of drug-likeness (QED) is 0.800. The number of carbonyl (C=O) groups is 1. The molecule has 0 aromatic heterocycles. The van der Waals surface area contributed by atoms with Crippen molar-refractivity contribution >= 4 is 16.8 Å². The van der Waals surface area contributed by atoms with Gasteiger partial charge < -0.3 is 4.74 Å². The fourth-order valence-electron chi connectivity index (χ4n) is 2.82. The van der Waals surface area contributed by atoms with E-state index in [9.17, 15) is 13.4 Å². The standard InChI is InChI=1S/C16H21FO3S/c1-11-4-3-5-13(8-11)21(19)10-12-6-7-14(15(17)9-12)16(18)20-2/h6-7,9,11,13H,3-5,8,10H2,1-2H3. The first-order valence-corrected chi connectivity index (χ1v) is 8.63. The summed E-state index contributed by atoms with van der Waals surface area (Å²) in [7, 11) is 0.229. The molecule has 3 atom stereocenters. The van der Waals surface area contributed by atoms with Gasteiger partial charge in [-0.05, 0) is 36.5 Å². The van der Waals surface area contributed by atoms with Gasteiger partial charge >= 0.3 is 5.97 Å². The monoisotopic (exact) mass is 312 g/mol. The van der Waals surface area contributed by atoms with Gasteiger partial charge in [-0.25, -0.2) is 9.18 Å². The normalized spacial score (nSPS) is 23.6. The minimum absolute atomic E-state index is 0.0849. The Bertz CT molecular complexity index is 544. The fourth-order valence-corrected chi connectivity index (χ4v) is 4.54. The number of halogens is 1. The molecule has 3 unspecified atom stereocenters. The van der Waals surface area contributed by atoms with Crippen LogP contribution in [-0.2, 0) is 21.3 Å². The molecule has 21 heavy (non-hydrogen) atoms. The number of ether oxygens (including phenoxy) is 1. The molecule has 1 aliphatic rings. The molecular formula is C16H21FO3S. The van der Waals surface area contributed by atoms with E-state index in [4.69, 9.17) is 0 Å². The summed E-state index contributed by atoms with van der Waals surface area (Å²) in [5.74, 6) is -0.351. The zero-order chi connectivity index (χ0) is 15.4. The van der Waals surface area contributed by atoms with E-state index in [0.29, 0.717) is 17.2 Å². The van der Waals surface area contributed by atoms with Crippen molar-refractivity contribution in [3.05, 3.63) is 35.1 Å². The van der Waals surface area contributed by atoms with E-state index in [1.165, 1.54) is 25.7 Å². The summed E-state index contributed by atoms with van der Waals surface area (Å²) in [4.78, 5) is 11.3. The molecule has 1 saturated carbocycles. The Kier molecular flexibility index (Phi) is 5.51. The summed E-state index contributed by atoms with van der Waals surface area (Å²) in [6.45, 7) is 2.19. The van der Waals surface area contributed by atoms with Crippen LogP contribution in [-0.4, -0.2) is 22.5 Å². The minimum atomic E-state index is -0.988. The van der Waals surface area contributed by atoms with Crippen LogP contribution in [0.3, 0.4) is 0 Å². The average molecular weight is 312 g/mol. The van der Waals surface area contributed by atoms with Crippen LogP contribution in [0.1, 0.15) is 48.5 Å². The van der Waals surface area contributed by atoms with E-state index in [0.717, 1.165) is 19.3 Å². The van der Waals surface area contributed by atoms with Crippen molar-refractivity contribution in [1.29, 1.82) is 0 Å². The van der Waals surface area contributed by atoms with Crippen molar-refractivity contribution in [3.63, 3.8) is 0 Å². The molecule has 1 aliphatic carbocycles. The van der Waals surface area contributed by atoms with E-state index < -0.39 is 22.6 Å². The Morgan fingerprint density at radius 1 is 1.43 bits per heavy atom. The second-order valence-electron chi connectivity index (χ2n) is 5.72. The summed E-state index contributed by atoms with van der Waals surface area (Å²) in [5.41, 5.74) is 0.579. The lowest BCUT2D eigenvalue weighted by Crippen LogP contribution is -2.24. The van der Waals surface area contributed by atoms with Gasteiger partial charge in [-0.3, -0.25) is 4.21 Å². The van der Waals surface area contributed by atoms with Gasteiger partial charge in [0.15, 0.2) is 0 Å². The maximum Gasteiger partial charge on any atom is 0.340 e. The molecule has 2 rings (SSSR count). The number of esters is 1. The van der Waals surface area contributed by atoms with Crippen LogP contribution < -0.4 is 0 Å². The second-order valence-corrected chi connectivity index (χ2v) is 7.44. The highest BCUT2D eigenvalue weighted by Gasteiger charge is 2.24. The van der Waals surface area contributed by atoms with Gasteiger partial charge in [-0.1, -0.05) is 25.8 Å². The van der Waals surface area contributed by atoms with E-state index in [2.05, 4.69) is 11.7 Å². The molecule has 0 amide bonds. The molecule has 0 spiro atoms. The molecule has 0 N–H and O–H groups in total. The van der Waals surface area contributed by atoms with Crippen LogP contribution in [0.15, 0.2) is 18.2 Å². The summed E-state index contributed by atoms with van der Waals surface area (Å²) in [5, 5.41) is 0.206. The first kappa shape index (κ1) is 16.1. The van der Waals surface area contributed by atoms with Crippen molar-refractivity contribution in [3.8, 4) is 0 Å². The third kappa shape index (κ3) is 4.13. The number of benzene rings is 1. The Morgan fingerprint density at radius 3 is 2.81 bits per heavy atom. The summed E-state index contributed by atoms with van der Waals surface area (Å²) in [6.07, 6.45) is 4.29. The maximum absolute atomic E-state index is 13.8. The van der Waals surface area contributed by atoms with Gasteiger partial charge in [0, 0.05) is 21.8 Å². The number of carbonyl (C=O) groups excluding carboxylic acids is 1. The van der Waals surface area contributed by atoms with Gasteiger partial charge in [0.2, 0.25) is 0 Å². The molecule has 0 bridgehead atoms. The Balaban J connectivity index is 2.04. The second kappa shape index (κ2) is 7.16. The van der Waals surface area contributed by atoms with Crippen LogP contribution in [0, 0.1) is 11.7 Å². The van der Waals surface area contributed by atoms with E-state index in [1.54, 1.807) is 6.07 Å². The molecule has 5 heteroatoms. The number of hydrogen-bond donors (Lipinski definition) is 0. The Morgan fingerprint density at radius 2 is 2.19 bits per heavy atom. The molecule has 0 aliphatic heterocycles.